The van der Waals surface area contributed by atoms with Crippen LogP contribution in [0, 0.1) is 0 Å². The van der Waals surface area contributed by atoms with E-state index in [-0.39, 0.29) is 51.4 Å². The number of unbranched alkanes of at least 4 members (excludes halogenated alkanes) is 5. The molecule has 1 atom stereocenters. The van der Waals surface area contributed by atoms with Crippen LogP contribution in [0.15, 0.2) is 0 Å². The Morgan fingerprint density at radius 2 is 1.65 bits per heavy atom. The van der Waals surface area contributed by atoms with Crippen molar-refractivity contribution >= 4 is 10.4 Å². The average molecular weight is 292 g/mol. The van der Waals surface area contributed by atoms with Crippen molar-refractivity contribution < 1.29 is 73.3 Å². The van der Waals surface area contributed by atoms with Gasteiger partial charge in [-0.3, -0.25) is 0 Å². The van der Waals surface area contributed by atoms with Crippen LogP contribution in [-0.4, -0.2) is 26.4 Å². The Balaban J connectivity index is 0. The molecular weight excluding hydrogens is 271 g/mol. The van der Waals surface area contributed by atoms with Crippen molar-refractivity contribution in [3.05, 3.63) is 0 Å². The molecule has 0 aliphatic rings. The topological polar surface area (TPSA) is 75.7 Å². The van der Waals surface area contributed by atoms with Crippen LogP contribution in [0.4, 0.5) is 0 Å². The maximum absolute atomic E-state index is 10.3. The molecule has 0 fully saturated rings. The van der Waals surface area contributed by atoms with Gasteiger partial charge in [-0.1, -0.05) is 39.0 Å². The summed E-state index contributed by atoms with van der Waals surface area (Å²) in [4.78, 5) is 0. The van der Waals surface area contributed by atoms with Crippen molar-refractivity contribution in [1.82, 2.24) is 0 Å². The first kappa shape index (κ1) is 20.8. The number of hydrogen-bond donors (Lipinski definition) is 0. The smallest absolute Gasteiger partial charge is 0.725 e. The summed E-state index contributed by atoms with van der Waals surface area (Å²) in [6, 6.07) is 0. The molecule has 0 aromatic heterocycles. The normalized spacial score (nSPS) is 13.1. The zero-order valence-electron chi connectivity index (χ0n) is 11.0. The maximum Gasteiger partial charge on any atom is 1.00 e. The Kier molecular flexibility index (Phi) is 15.3. The predicted octanol–water partition coefficient (Wildman–Crippen LogP) is -0.810. The van der Waals surface area contributed by atoms with E-state index in [0.717, 1.165) is 19.3 Å². The first-order valence-corrected chi connectivity index (χ1v) is 7.00. The van der Waals surface area contributed by atoms with Crippen molar-refractivity contribution in [1.29, 1.82) is 0 Å². The minimum atomic E-state index is -4.66. The fourth-order valence-electron chi connectivity index (χ4n) is 1.43. The van der Waals surface area contributed by atoms with E-state index < -0.39 is 16.7 Å². The largest absolute Gasteiger partial charge is 1.00 e. The van der Waals surface area contributed by atoms with Crippen molar-refractivity contribution in [3.8, 4) is 0 Å². The molecule has 0 saturated heterocycles. The van der Waals surface area contributed by atoms with Gasteiger partial charge in [0.1, 0.15) is 0 Å². The second kappa shape index (κ2) is 12.5. The van der Waals surface area contributed by atoms with E-state index >= 15 is 0 Å². The molecule has 5 nitrogen and oxygen atoms in total. The summed E-state index contributed by atoms with van der Waals surface area (Å²) in [6.07, 6.45) is 6.03. The molecule has 0 spiro atoms. The van der Waals surface area contributed by atoms with E-state index in [2.05, 4.69) is 11.1 Å². The molecule has 0 saturated carbocycles. The summed E-state index contributed by atoms with van der Waals surface area (Å²) in [5.74, 6) is 0. The zero-order valence-corrected chi connectivity index (χ0v) is 14.9. The van der Waals surface area contributed by atoms with Gasteiger partial charge in [0.2, 0.25) is 10.4 Å². The van der Waals surface area contributed by atoms with E-state index in [1.807, 2.05) is 0 Å². The van der Waals surface area contributed by atoms with Gasteiger partial charge < -0.3 is 9.29 Å². The third-order valence-electron chi connectivity index (χ3n) is 2.28. The first-order valence-electron chi connectivity index (χ1n) is 5.66. The minimum Gasteiger partial charge on any atom is -0.725 e. The van der Waals surface area contributed by atoms with E-state index in [1.165, 1.54) is 26.4 Å². The Morgan fingerprint density at radius 3 is 2.12 bits per heavy atom. The molecule has 0 bridgehead atoms. The molecule has 0 N–H and O–H groups in total. The van der Waals surface area contributed by atoms with Gasteiger partial charge in [-0.25, -0.2) is 12.6 Å². The summed E-state index contributed by atoms with van der Waals surface area (Å²) >= 11 is 0. The van der Waals surface area contributed by atoms with E-state index in [0.29, 0.717) is 6.42 Å². The molecule has 17 heavy (non-hydrogen) atoms. The van der Waals surface area contributed by atoms with Crippen molar-refractivity contribution in [2.75, 3.05) is 7.11 Å². The van der Waals surface area contributed by atoms with E-state index in [9.17, 15) is 13.0 Å². The van der Waals surface area contributed by atoms with Crippen LogP contribution in [0.25, 0.3) is 0 Å². The molecule has 0 aliphatic carbocycles. The van der Waals surface area contributed by atoms with Crippen LogP contribution in [-0.2, 0) is 19.3 Å². The van der Waals surface area contributed by atoms with Gasteiger partial charge in [0.15, 0.2) is 6.29 Å². The maximum atomic E-state index is 10.3. The first-order chi connectivity index (χ1) is 7.49. The summed E-state index contributed by atoms with van der Waals surface area (Å²) in [5, 5.41) is 0. The summed E-state index contributed by atoms with van der Waals surface area (Å²) in [7, 11) is -3.34. The predicted molar refractivity (Wildman–Crippen MR) is 59.6 cm³/mol. The van der Waals surface area contributed by atoms with Gasteiger partial charge in [0.05, 0.1) is 0 Å². The van der Waals surface area contributed by atoms with Gasteiger partial charge in [0.25, 0.3) is 0 Å². The molecule has 0 heterocycles. The monoisotopic (exact) mass is 292 g/mol. The Morgan fingerprint density at radius 1 is 1.12 bits per heavy atom. The quantitative estimate of drug-likeness (QED) is 0.173. The molecule has 0 radical (unpaired) electrons. The molecule has 0 rings (SSSR count). The minimum absolute atomic E-state index is 0. The van der Waals surface area contributed by atoms with Crippen LogP contribution in [0.5, 0.6) is 0 Å². The zero-order chi connectivity index (χ0) is 12.4. The van der Waals surface area contributed by atoms with Gasteiger partial charge in [-0.15, -0.1) is 0 Å². The van der Waals surface area contributed by atoms with Gasteiger partial charge in [0, 0.05) is 7.11 Å². The molecular formula is C10H21KO5S. The Hall–Kier alpha value is 1.47. The number of rotatable bonds is 10. The molecule has 98 valence electrons. The van der Waals surface area contributed by atoms with E-state index in [1.54, 1.807) is 0 Å². The molecule has 0 aromatic rings. The molecule has 0 aromatic carbocycles. The molecule has 7 heteroatoms. The SMILES string of the molecule is CCCCCCCCC(OC)OS(=O)(=O)[O-].[K+]. The number of methoxy groups -OCH3 is 1. The van der Waals surface area contributed by atoms with Crippen LogP contribution in [0.2, 0.25) is 0 Å². The van der Waals surface area contributed by atoms with Crippen LogP contribution < -0.4 is 51.4 Å². The van der Waals surface area contributed by atoms with Crippen LogP contribution >= 0.6 is 0 Å². The van der Waals surface area contributed by atoms with Gasteiger partial charge >= 0.3 is 51.4 Å². The number of ether oxygens (including phenoxy) is 1. The molecule has 1 unspecified atom stereocenters. The Bertz CT molecular complexity index is 255. The van der Waals surface area contributed by atoms with Gasteiger partial charge in [-0.05, 0) is 12.8 Å². The standard InChI is InChI=1S/C10H22O5S.K/c1-3-4-5-6-7-8-9-10(14-2)15-16(11,12)13;/h10H,3-9H2,1-2H3,(H,11,12,13);/q;+1/p-1. The van der Waals surface area contributed by atoms with Gasteiger partial charge in [-0.2, -0.15) is 0 Å². The second-order valence-corrected chi connectivity index (χ2v) is 4.74. The van der Waals surface area contributed by atoms with Crippen molar-refractivity contribution in [2.45, 2.75) is 58.2 Å². The number of hydrogen-bond acceptors (Lipinski definition) is 5. The van der Waals surface area contributed by atoms with Crippen molar-refractivity contribution in [3.63, 3.8) is 0 Å². The fourth-order valence-corrected chi connectivity index (χ4v) is 1.87. The van der Waals surface area contributed by atoms with Crippen LogP contribution in [0.3, 0.4) is 0 Å². The molecule has 0 amide bonds. The average Bonchev–Trinajstić information content (AvgIpc) is 2.19. The van der Waals surface area contributed by atoms with Crippen LogP contribution in [0.1, 0.15) is 51.9 Å². The third kappa shape index (κ3) is 15.4. The summed E-state index contributed by atoms with van der Waals surface area (Å²) < 4.78 is 39.9. The fraction of sp³-hybridized carbons (Fsp3) is 1.00. The van der Waals surface area contributed by atoms with Crippen molar-refractivity contribution in [2.24, 2.45) is 0 Å². The molecule has 0 aliphatic heterocycles. The van der Waals surface area contributed by atoms with E-state index in [4.69, 9.17) is 4.74 Å². The summed E-state index contributed by atoms with van der Waals surface area (Å²) in [5.41, 5.74) is 0. The Labute approximate surface area is 147 Å². The summed E-state index contributed by atoms with van der Waals surface area (Å²) in [6.45, 7) is 2.15. The third-order valence-corrected chi connectivity index (χ3v) is 2.73. The second-order valence-electron chi connectivity index (χ2n) is 3.73.